The molecule has 1 aliphatic carbocycles. The number of hydrogen-bond acceptors (Lipinski definition) is 12. The van der Waals surface area contributed by atoms with Crippen molar-refractivity contribution < 1.29 is 23.5 Å². The van der Waals surface area contributed by atoms with Gasteiger partial charge in [-0.2, -0.15) is 15.6 Å². The lowest BCUT2D eigenvalue weighted by atomic mass is 9.76. The summed E-state index contributed by atoms with van der Waals surface area (Å²) in [6.45, 7) is 9.98. The highest BCUT2D eigenvalue weighted by atomic mass is 19.1. The average Bonchev–Trinajstić information content (AvgIpc) is 3.31. The van der Waals surface area contributed by atoms with Gasteiger partial charge in [-0.1, -0.05) is 6.07 Å². The van der Waals surface area contributed by atoms with Crippen LogP contribution in [-0.2, 0) is 11.2 Å². The number of halogens is 1. The zero-order valence-corrected chi connectivity index (χ0v) is 38.3. The summed E-state index contributed by atoms with van der Waals surface area (Å²) in [5.74, 6) is 1.58. The number of likely N-dealkylation sites (tertiary alicyclic amines) is 2. The summed E-state index contributed by atoms with van der Waals surface area (Å²) >= 11 is 0. The summed E-state index contributed by atoms with van der Waals surface area (Å²) in [6, 6.07) is 21.6. The van der Waals surface area contributed by atoms with Crippen molar-refractivity contribution in [3.05, 3.63) is 117 Å². The molecule has 1 saturated carbocycles. The highest BCUT2D eigenvalue weighted by molar-refractivity contribution is 5.95. The van der Waals surface area contributed by atoms with Gasteiger partial charge in [0.1, 0.15) is 40.9 Å². The monoisotopic (exact) mass is 906 g/mol. The minimum Gasteiger partial charge on any atom is -0.490 e. The second-order valence-electron chi connectivity index (χ2n) is 19.4. The number of amides is 2. The molecule has 2 spiro atoms. The number of aromatic amines is 1. The van der Waals surface area contributed by atoms with Gasteiger partial charge >= 0.3 is 6.09 Å². The number of aromatic nitrogens is 4. The molecular formula is C51H55FN10O5. The van der Waals surface area contributed by atoms with Gasteiger partial charge < -0.3 is 29.1 Å². The van der Waals surface area contributed by atoms with Crippen LogP contribution in [0.3, 0.4) is 0 Å². The van der Waals surface area contributed by atoms with E-state index < -0.39 is 11.4 Å². The fourth-order valence-corrected chi connectivity index (χ4v) is 9.91. The standard InChI is InChI=1S/C33H31FN6O3.C18H24N4O2/c34-28-8-4-21(17-29-26-18-24(43-23-2-1-3-23)6-7-25(26)31(41)38-37-29)16-27(28)32(42)39-13-10-33(11-14-39)12-15-40(33)30-9-5-22(19-35)20-36-30;1-17(2,3)24-16(23)21-9-6-18(7-10-21)8-11-22(18)15-5-4-14(12-19)13-20-15/h4-9,16,18,20,23H,1-3,10-15,17H2,(H,38,41);4-5,13H,6-11H2,1-3H3. The quantitative estimate of drug-likeness (QED) is 0.168. The third kappa shape index (κ3) is 9.35. The summed E-state index contributed by atoms with van der Waals surface area (Å²) < 4.78 is 26.6. The van der Waals surface area contributed by atoms with E-state index in [0.29, 0.717) is 65.9 Å². The largest absolute Gasteiger partial charge is 0.490 e. The fourth-order valence-electron chi connectivity index (χ4n) is 9.91. The molecule has 16 heteroatoms. The second kappa shape index (κ2) is 18.3. The third-order valence-corrected chi connectivity index (χ3v) is 14.2. The Labute approximate surface area is 389 Å². The van der Waals surface area contributed by atoms with Crippen LogP contribution in [0.15, 0.2) is 77.9 Å². The van der Waals surface area contributed by atoms with Gasteiger partial charge in [-0.25, -0.2) is 24.3 Å². The molecule has 10 rings (SSSR count). The van der Waals surface area contributed by atoms with Gasteiger partial charge in [-0.15, -0.1) is 0 Å². The first-order chi connectivity index (χ1) is 32.2. The Hall–Kier alpha value is -7.07. The van der Waals surface area contributed by atoms with Crippen LogP contribution >= 0.6 is 0 Å². The van der Waals surface area contributed by atoms with E-state index in [9.17, 15) is 14.4 Å². The number of H-pyrrole nitrogens is 1. The van der Waals surface area contributed by atoms with Crippen molar-refractivity contribution in [2.24, 2.45) is 0 Å². The molecule has 346 valence electrons. The van der Waals surface area contributed by atoms with Crippen LogP contribution < -0.4 is 20.1 Å². The Bertz CT molecular complexity index is 2790. The number of nitrogens with zero attached hydrogens (tertiary/aromatic N) is 9. The summed E-state index contributed by atoms with van der Waals surface area (Å²) in [6.07, 6.45) is 12.2. The van der Waals surface area contributed by atoms with Crippen LogP contribution in [0.1, 0.15) is 111 Å². The van der Waals surface area contributed by atoms with Crippen LogP contribution in [0.2, 0.25) is 0 Å². The molecule has 0 bridgehead atoms. The van der Waals surface area contributed by atoms with Gasteiger partial charge in [0, 0.05) is 74.5 Å². The van der Waals surface area contributed by atoms with Crippen molar-refractivity contribution in [1.82, 2.24) is 30.0 Å². The van der Waals surface area contributed by atoms with Gasteiger partial charge in [-0.05, 0) is 139 Å². The molecular weight excluding hydrogens is 852 g/mol. The average molecular weight is 907 g/mol. The van der Waals surface area contributed by atoms with Gasteiger partial charge in [0.15, 0.2) is 0 Å². The van der Waals surface area contributed by atoms with Crippen LogP contribution in [0.5, 0.6) is 5.75 Å². The molecule has 5 fully saturated rings. The molecule has 0 unspecified atom stereocenters. The number of rotatable bonds is 7. The van der Waals surface area contributed by atoms with E-state index in [1.165, 1.54) is 6.07 Å². The molecule has 0 atom stereocenters. The van der Waals surface area contributed by atoms with Crippen LogP contribution in [0, 0.1) is 28.5 Å². The van der Waals surface area contributed by atoms with E-state index >= 15 is 4.39 Å². The predicted octanol–water partition coefficient (Wildman–Crippen LogP) is 7.67. The highest BCUT2D eigenvalue weighted by Crippen LogP contribution is 2.44. The molecule has 7 heterocycles. The van der Waals surface area contributed by atoms with E-state index in [1.54, 1.807) is 52.5 Å². The molecule has 2 amide bonds. The van der Waals surface area contributed by atoms with Gasteiger partial charge in [0.2, 0.25) is 0 Å². The molecule has 1 N–H and O–H groups in total. The normalized spacial score (nSPS) is 18.4. The number of piperidine rings is 2. The summed E-state index contributed by atoms with van der Waals surface area (Å²) in [5.41, 5.74) is 1.77. The van der Waals surface area contributed by atoms with Gasteiger partial charge in [-0.3, -0.25) is 9.59 Å². The SMILES string of the molecule is CC(C)(C)OC(=O)N1CCC2(CC1)CCN2c1ccc(C#N)cn1.N#Cc1ccc(N2CCC23CCN(C(=O)c2cc(Cc4n[nH]c(=O)c5ccc(OC6CCC6)cc45)ccc2F)CC3)nc1. The molecule has 5 aromatic rings. The number of nitriles is 2. The second-order valence-corrected chi connectivity index (χ2v) is 19.4. The maximum Gasteiger partial charge on any atom is 0.410 e. The van der Waals surface area contributed by atoms with Crippen LogP contribution in [-0.4, -0.2) is 104 Å². The molecule has 3 aromatic heterocycles. The number of anilines is 2. The van der Waals surface area contributed by atoms with Crippen molar-refractivity contribution in [3.63, 3.8) is 0 Å². The summed E-state index contributed by atoms with van der Waals surface area (Å²) in [5, 5.41) is 26.0. The van der Waals surface area contributed by atoms with Crippen molar-refractivity contribution in [1.29, 1.82) is 10.5 Å². The van der Waals surface area contributed by atoms with E-state index in [4.69, 9.17) is 20.0 Å². The number of carbonyl (C=O) groups is 2. The Kier molecular flexibility index (Phi) is 12.3. The predicted molar refractivity (Wildman–Crippen MR) is 249 cm³/mol. The highest BCUT2D eigenvalue weighted by Gasteiger charge is 2.49. The fraction of sp³-hybridized carbons (Fsp3) is 0.451. The first-order valence-corrected chi connectivity index (χ1v) is 23.3. The molecule has 15 nitrogen and oxygen atoms in total. The lowest BCUT2D eigenvalue weighted by Crippen LogP contribution is -2.65. The first-order valence-electron chi connectivity index (χ1n) is 23.3. The molecule has 4 aliphatic heterocycles. The Balaban J connectivity index is 0.000000198. The van der Waals surface area contributed by atoms with E-state index in [2.05, 4.69) is 42.1 Å². The number of ether oxygens (including phenoxy) is 2. The van der Waals surface area contributed by atoms with Crippen LogP contribution in [0.25, 0.3) is 10.8 Å². The number of pyridine rings is 2. The summed E-state index contributed by atoms with van der Waals surface area (Å²) in [4.78, 5) is 55.2. The van der Waals surface area contributed by atoms with E-state index in [1.807, 2.05) is 45.0 Å². The van der Waals surface area contributed by atoms with Crippen LogP contribution in [0.4, 0.5) is 20.8 Å². The minimum atomic E-state index is -0.559. The van der Waals surface area contributed by atoms with Gasteiger partial charge in [0.05, 0.1) is 33.9 Å². The molecule has 5 aliphatic rings. The zero-order chi connectivity index (χ0) is 46.9. The molecule has 4 saturated heterocycles. The zero-order valence-electron chi connectivity index (χ0n) is 38.3. The van der Waals surface area contributed by atoms with Crippen molar-refractivity contribution in [2.45, 2.75) is 108 Å². The Morgan fingerprint density at radius 3 is 1.85 bits per heavy atom. The van der Waals surface area contributed by atoms with E-state index in [0.717, 1.165) is 88.1 Å². The molecule has 67 heavy (non-hydrogen) atoms. The number of benzene rings is 2. The first kappa shape index (κ1) is 45.1. The van der Waals surface area contributed by atoms with Gasteiger partial charge in [0.25, 0.3) is 11.5 Å². The van der Waals surface area contributed by atoms with Crippen molar-refractivity contribution >= 4 is 34.4 Å². The smallest absolute Gasteiger partial charge is 0.410 e. The number of carbonyl (C=O) groups excluding carboxylic acids is 2. The molecule has 0 radical (unpaired) electrons. The Morgan fingerprint density at radius 2 is 1.36 bits per heavy atom. The third-order valence-electron chi connectivity index (χ3n) is 14.2. The number of hydrogen-bond donors (Lipinski definition) is 1. The topological polar surface area (TPSA) is 185 Å². The summed E-state index contributed by atoms with van der Waals surface area (Å²) in [7, 11) is 0. The molecule has 2 aromatic carbocycles. The number of fused-ring (bicyclic) bond motifs is 1. The van der Waals surface area contributed by atoms with Crippen molar-refractivity contribution in [2.75, 3.05) is 49.1 Å². The van der Waals surface area contributed by atoms with Crippen molar-refractivity contribution in [3.8, 4) is 17.9 Å². The minimum absolute atomic E-state index is 0.0374. The lowest BCUT2D eigenvalue weighted by Gasteiger charge is -2.57. The van der Waals surface area contributed by atoms with E-state index in [-0.39, 0.29) is 40.3 Å². The Morgan fingerprint density at radius 1 is 0.776 bits per heavy atom. The maximum absolute atomic E-state index is 15.0. The lowest BCUT2D eigenvalue weighted by molar-refractivity contribution is 0.0129. The number of nitrogens with one attached hydrogen (secondary N) is 1. The maximum atomic E-state index is 15.0.